The summed E-state index contributed by atoms with van der Waals surface area (Å²) in [6, 6.07) is 14.6. The third-order valence-electron chi connectivity index (χ3n) is 8.47. The zero-order chi connectivity index (χ0) is 30.7. The van der Waals surface area contributed by atoms with Gasteiger partial charge in [-0.15, -0.1) is 0 Å². The van der Waals surface area contributed by atoms with Crippen LogP contribution in [0.3, 0.4) is 0 Å². The summed E-state index contributed by atoms with van der Waals surface area (Å²) in [7, 11) is 0. The normalized spacial score (nSPS) is 17.7. The van der Waals surface area contributed by atoms with E-state index in [9.17, 15) is 19.8 Å². The summed E-state index contributed by atoms with van der Waals surface area (Å²) in [6.07, 6.45) is 0.912. The van der Waals surface area contributed by atoms with Gasteiger partial charge in [0.15, 0.2) is 5.76 Å². The Hall–Kier alpha value is -3.68. The Morgan fingerprint density at radius 1 is 1.14 bits per heavy atom. The number of rotatable bonds is 10. The molecule has 4 aromatic rings. The summed E-state index contributed by atoms with van der Waals surface area (Å²) in [5.41, 5.74) is 1.71. The van der Waals surface area contributed by atoms with Crippen LogP contribution in [0, 0.1) is 6.92 Å². The molecule has 2 aliphatic rings. The number of aromatic hydroxyl groups is 1. The number of fused-ring (bicyclic) bond motifs is 1. The summed E-state index contributed by atoms with van der Waals surface area (Å²) in [4.78, 5) is 31.2. The fourth-order valence-electron chi connectivity index (χ4n) is 5.97. The van der Waals surface area contributed by atoms with E-state index in [4.69, 9.17) is 13.9 Å². The number of benzene rings is 2. The number of phenolic OH excluding ortho intramolecular Hbond substituents is 1. The SMILES string of the molecule is Cc1ccc(C(=O)N2CCOC3(CCN(CCOc4ccc(CNC[C@H](O)c5ccc(O)c6[nH]c(=O)sc56)cc4)CC3)C2)o1. The van der Waals surface area contributed by atoms with Crippen molar-refractivity contribution in [1.29, 1.82) is 0 Å². The van der Waals surface area contributed by atoms with Crippen molar-refractivity contribution in [3.8, 4) is 11.5 Å². The van der Waals surface area contributed by atoms with Crippen LogP contribution in [-0.2, 0) is 11.3 Å². The Balaban J connectivity index is 0.910. The van der Waals surface area contributed by atoms with Crippen LogP contribution in [0.15, 0.2) is 57.7 Å². The number of phenols is 1. The Labute approximate surface area is 259 Å². The highest BCUT2D eigenvalue weighted by Crippen LogP contribution is 2.32. The number of thiazole rings is 1. The van der Waals surface area contributed by atoms with E-state index < -0.39 is 6.10 Å². The molecule has 2 saturated heterocycles. The van der Waals surface area contributed by atoms with Crippen molar-refractivity contribution in [3.63, 3.8) is 0 Å². The molecule has 1 amide bonds. The summed E-state index contributed by atoms with van der Waals surface area (Å²) in [5, 5.41) is 23.9. The number of aromatic amines is 1. The van der Waals surface area contributed by atoms with Crippen molar-refractivity contribution >= 4 is 27.5 Å². The minimum atomic E-state index is -0.825. The van der Waals surface area contributed by atoms with Crippen molar-refractivity contribution in [3.05, 3.63) is 80.8 Å². The van der Waals surface area contributed by atoms with Gasteiger partial charge in [0.1, 0.15) is 29.4 Å². The third-order valence-corrected chi connectivity index (χ3v) is 9.40. The number of nitrogens with zero attached hydrogens (tertiary/aromatic N) is 2. The van der Waals surface area contributed by atoms with Gasteiger partial charge in [0.25, 0.3) is 5.91 Å². The van der Waals surface area contributed by atoms with Gasteiger partial charge in [-0.25, -0.2) is 0 Å². The number of aromatic nitrogens is 1. The summed E-state index contributed by atoms with van der Waals surface area (Å²) < 4.78 is 18.4. The van der Waals surface area contributed by atoms with E-state index in [0.717, 1.165) is 60.9 Å². The summed E-state index contributed by atoms with van der Waals surface area (Å²) in [6.45, 7) is 7.57. The predicted molar refractivity (Wildman–Crippen MR) is 166 cm³/mol. The maximum atomic E-state index is 12.9. The molecular weight excluding hydrogens is 584 g/mol. The molecule has 2 aromatic heterocycles. The van der Waals surface area contributed by atoms with E-state index in [-0.39, 0.29) is 22.1 Å². The Bertz CT molecular complexity index is 1640. The number of aliphatic hydroxyl groups excluding tert-OH is 1. The third kappa shape index (κ3) is 6.84. The first-order valence-electron chi connectivity index (χ1n) is 15.0. The van der Waals surface area contributed by atoms with Crippen LogP contribution in [0.1, 0.15) is 46.4 Å². The lowest BCUT2D eigenvalue weighted by Crippen LogP contribution is -2.58. The maximum absolute atomic E-state index is 12.9. The highest BCUT2D eigenvalue weighted by molar-refractivity contribution is 7.16. The van der Waals surface area contributed by atoms with E-state index in [1.807, 2.05) is 42.2 Å². The smallest absolute Gasteiger partial charge is 0.305 e. The molecule has 0 unspecified atom stereocenters. The van der Waals surface area contributed by atoms with Gasteiger partial charge in [0, 0.05) is 44.8 Å². The number of aryl methyl sites for hydroxylation is 1. The number of ether oxygens (including phenoxy) is 2. The first kappa shape index (κ1) is 30.4. The molecule has 2 aliphatic heterocycles. The Morgan fingerprint density at radius 2 is 1.93 bits per heavy atom. The molecule has 0 saturated carbocycles. The highest BCUT2D eigenvalue weighted by Gasteiger charge is 2.41. The second-order valence-corrected chi connectivity index (χ2v) is 12.5. The number of furan rings is 1. The van der Waals surface area contributed by atoms with Gasteiger partial charge in [-0.1, -0.05) is 29.5 Å². The second kappa shape index (κ2) is 13.1. The minimum absolute atomic E-state index is 0.00866. The molecule has 1 atom stereocenters. The van der Waals surface area contributed by atoms with Crippen molar-refractivity contribution < 1.29 is 28.9 Å². The van der Waals surface area contributed by atoms with Gasteiger partial charge in [-0.2, -0.15) is 0 Å². The van der Waals surface area contributed by atoms with Crippen molar-refractivity contribution in [2.75, 3.05) is 52.5 Å². The number of morpholine rings is 1. The van der Waals surface area contributed by atoms with Gasteiger partial charge in [0.05, 0.1) is 29.6 Å². The summed E-state index contributed by atoms with van der Waals surface area (Å²) in [5.74, 6) is 1.85. The number of amides is 1. The largest absolute Gasteiger partial charge is 0.506 e. The van der Waals surface area contributed by atoms with Crippen LogP contribution in [-0.4, -0.2) is 89.0 Å². The lowest BCUT2D eigenvalue weighted by molar-refractivity contribution is -0.127. The number of hydrogen-bond acceptors (Lipinski definition) is 10. The topological polar surface area (TPSA) is 140 Å². The number of H-pyrrole nitrogens is 1. The zero-order valence-corrected chi connectivity index (χ0v) is 25.5. The van der Waals surface area contributed by atoms with Crippen LogP contribution < -0.4 is 14.9 Å². The summed E-state index contributed by atoms with van der Waals surface area (Å²) >= 11 is 0.977. The highest BCUT2D eigenvalue weighted by atomic mass is 32.1. The number of carbonyl (C=O) groups excluding carboxylic acids is 1. The van der Waals surface area contributed by atoms with Gasteiger partial charge in [0.2, 0.25) is 0 Å². The molecule has 12 heteroatoms. The average molecular weight is 623 g/mol. The molecule has 6 rings (SSSR count). The number of likely N-dealkylation sites (tertiary alicyclic amines) is 1. The Kier molecular flexibility index (Phi) is 9.06. The molecule has 1 spiro atoms. The number of piperidine rings is 1. The molecule has 44 heavy (non-hydrogen) atoms. The minimum Gasteiger partial charge on any atom is -0.506 e. The van der Waals surface area contributed by atoms with E-state index in [1.165, 1.54) is 6.07 Å². The first-order chi connectivity index (χ1) is 21.3. The monoisotopic (exact) mass is 622 g/mol. The second-order valence-electron chi connectivity index (χ2n) is 11.5. The van der Waals surface area contributed by atoms with Crippen LogP contribution in [0.2, 0.25) is 0 Å². The molecule has 4 N–H and O–H groups in total. The molecule has 11 nitrogen and oxygen atoms in total. The van der Waals surface area contributed by atoms with E-state index >= 15 is 0 Å². The van der Waals surface area contributed by atoms with Crippen molar-refractivity contribution in [1.82, 2.24) is 20.1 Å². The van der Waals surface area contributed by atoms with Crippen LogP contribution in [0.5, 0.6) is 11.5 Å². The van der Waals surface area contributed by atoms with Gasteiger partial charge in [-0.3, -0.25) is 14.5 Å². The van der Waals surface area contributed by atoms with Gasteiger partial charge < -0.3 is 39.3 Å². The van der Waals surface area contributed by atoms with Crippen LogP contribution in [0.4, 0.5) is 0 Å². The van der Waals surface area contributed by atoms with Crippen molar-refractivity contribution in [2.45, 2.75) is 38.0 Å². The maximum Gasteiger partial charge on any atom is 0.305 e. The quantitative estimate of drug-likeness (QED) is 0.210. The molecule has 234 valence electrons. The van der Waals surface area contributed by atoms with E-state index in [2.05, 4.69) is 15.2 Å². The number of nitrogens with one attached hydrogen (secondary N) is 2. The van der Waals surface area contributed by atoms with Crippen molar-refractivity contribution in [2.24, 2.45) is 0 Å². The molecule has 0 bridgehead atoms. The number of hydrogen-bond donors (Lipinski definition) is 4. The molecule has 2 aromatic carbocycles. The van der Waals surface area contributed by atoms with Gasteiger partial charge >= 0.3 is 4.87 Å². The zero-order valence-electron chi connectivity index (χ0n) is 24.7. The predicted octanol–water partition coefficient (Wildman–Crippen LogP) is 3.41. The molecule has 0 aliphatic carbocycles. The molecular formula is C32H38N4O7S. The van der Waals surface area contributed by atoms with Gasteiger partial charge in [-0.05, 0) is 55.7 Å². The van der Waals surface area contributed by atoms with E-state index in [1.54, 1.807) is 12.1 Å². The molecule has 4 heterocycles. The standard InChI is InChI=1S/C32H38N4O7S/c1-21-2-9-27(43-21)30(39)36-15-17-42-32(20-36)10-12-35(13-11-32)14-16-41-23-5-3-22(4-6-23)18-33-19-26(38)24-7-8-25(37)28-29(24)44-31(40)34-28/h2-9,26,33,37-38H,10-20H2,1H3,(H,34,40)/t26-/m0/s1. The average Bonchev–Trinajstić information content (AvgIpc) is 3.64. The molecule has 0 radical (unpaired) electrons. The van der Waals surface area contributed by atoms with Crippen LogP contribution >= 0.6 is 11.3 Å². The van der Waals surface area contributed by atoms with Crippen LogP contribution in [0.25, 0.3) is 10.2 Å². The lowest BCUT2D eigenvalue weighted by Gasteiger charge is -2.47. The first-order valence-corrected chi connectivity index (χ1v) is 15.8. The lowest BCUT2D eigenvalue weighted by atomic mass is 9.89. The van der Waals surface area contributed by atoms with E-state index in [0.29, 0.717) is 60.9 Å². The Morgan fingerprint density at radius 3 is 2.68 bits per heavy atom. The fraction of sp³-hybridized carbons (Fsp3) is 0.438. The number of aliphatic hydroxyl groups is 1. The fourth-order valence-corrected chi connectivity index (χ4v) is 6.89. The number of carbonyl (C=O) groups is 1. The molecule has 2 fully saturated rings.